The van der Waals surface area contributed by atoms with Crippen molar-refractivity contribution >= 4 is 6.09 Å². The van der Waals surface area contributed by atoms with E-state index in [1.54, 1.807) is 7.11 Å². The zero-order valence-electron chi connectivity index (χ0n) is 14.5. The predicted octanol–water partition coefficient (Wildman–Crippen LogP) is 2.79. The molecule has 1 aliphatic rings. The Balaban J connectivity index is 2.51. The van der Waals surface area contributed by atoms with Crippen molar-refractivity contribution in [2.45, 2.75) is 71.1 Å². The lowest BCUT2D eigenvalue weighted by molar-refractivity contribution is 0.00621. The average Bonchev–Trinajstić information content (AvgIpc) is 2.37. The number of nitrogens with one attached hydrogen (secondary N) is 1. The molecule has 1 heterocycles. The second-order valence-electron chi connectivity index (χ2n) is 7.42. The number of amides is 1. The molecule has 5 heteroatoms. The van der Waals surface area contributed by atoms with Gasteiger partial charge in [0.2, 0.25) is 0 Å². The number of ether oxygens (including phenoxy) is 2. The van der Waals surface area contributed by atoms with Crippen LogP contribution in [0.25, 0.3) is 0 Å². The SMILES string of the molecule is COC(C)(C)CNCC1CCCCN1C(=O)OC(C)(C)C. The topological polar surface area (TPSA) is 50.8 Å². The molecule has 0 aliphatic carbocycles. The van der Waals surface area contributed by atoms with Crippen LogP contribution in [0.15, 0.2) is 0 Å². The van der Waals surface area contributed by atoms with Crippen LogP contribution in [0.4, 0.5) is 4.79 Å². The molecule has 0 aromatic heterocycles. The summed E-state index contributed by atoms with van der Waals surface area (Å²) in [6.07, 6.45) is 3.05. The second kappa shape index (κ2) is 7.45. The van der Waals surface area contributed by atoms with Gasteiger partial charge in [0.25, 0.3) is 0 Å². The Kier molecular flexibility index (Phi) is 6.47. The number of carbonyl (C=O) groups is 1. The van der Waals surface area contributed by atoms with E-state index in [0.717, 1.165) is 32.5 Å². The molecular weight excluding hydrogens is 268 g/mol. The van der Waals surface area contributed by atoms with Crippen LogP contribution in [-0.4, -0.2) is 55.0 Å². The largest absolute Gasteiger partial charge is 0.444 e. The van der Waals surface area contributed by atoms with Gasteiger partial charge in [-0.1, -0.05) is 0 Å². The molecule has 1 N–H and O–H groups in total. The third-order valence-electron chi connectivity index (χ3n) is 3.74. The maximum Gasteiger partial charge on any atom is 0.410 e. The lowest BCUT2D eigenvalue weighted by atomic mass is 10.0. The molecule has 0 aromatic carbocycles. The van der Waals surface area contributed by atoms with Crippen LogP contribution in [0.5, 0.6) is 0 Å². The first-order valence-corrected chi connectivity index (χ1v) is 7.90. The first kappa shape index (κ1) is 18.2. The Hall–Kier alpha value is -0.810. The van der Waals surface area contributed by atoms with Crippen LogP contribution in [0.3, 0.4) is 0 Å². The molecule has 1 fully saturated rings. The van der Waals surface area contributed by atoms with Crippen molar-refractivity contribution in [1.29, 1.82) is 0 Å². The molecule has 1 atom stereocenters. The van der Waals surface area contributed by atoms with Gasteiger partial charge in [0.1, 0.15) is 5.60 Å². The summed E-state index contributed by atoms with van der Waals surface area (Å²) in [5.41, 5.74) is -0.629. The minimum Gasteiger partial charge on any atom is -0.444 e. The highest BCUT2D eigenvalue weighted by molar-refractivity contribution is 5.68. The summed E-state index contributed by atoms with van der Waals surface area (Å²) in [4.78, 5) is 14.2. The Morgan fingerprint density at radius 1 is 1.24 bits per heavy atom. The van der Waals surface area contributed by atoms with E-state index in [1.807, 2.05) is 39.5 Å². The second-order valence-corrected chi connectivity index (χ2v) is 7.42. The van der Waals surface area contributed by atoms with Gasteiger partial charge in [-0.3, -0.25) is 0 Å². The van der Waals surface area contributed by atoms with Gasteiger partial charge in [0, 0.05) is 32.8 Å². The van der Waals surface area contributed by atoms with Gasteiger partial charge < -0.3 is 19.7 Å². The van der Waals surface area contributed by atoms with Crippen LogP contribution >= 0.6 is 0 Å². The molecular formula is C16H32N2O3. The molecule has 21 heavy (non-hydrogen) atoms. The van der Waals surface area contributed by atoms with Gasteiger partial charge in [-0.15, -0.1) is 0 Å². The first-order chi connectivity index (χ1) is 9.64. The monoisotopic (exact) mass is 300 g/mol. The van der Waals surface area contributed by atoms with E-state index >= 15 is 0 Å². The zero-order valence-corrected chi connectivity index (χ0v) is 14.5. The Labute approximate surface area is 129 Å². The number of hydrogen-bond acceptors (Lipinski definition) is 4. The number of hydrogen-bond donors (Lipinski definition) is 1. The third-order valence-corrected chi connectivity index (χ3v) is 3.74. The molecule has 0 radical (unpaired) electrons. The quantitative estimate of drug-likeness (QED) is 0.848. The lowest BCUT2D eigenvalue weighted by Crippen LogP contribution is -2.51. The Morgan fingerprint density at radius 2 is 1.90 bits per heavy atom. The maximum absolute atomic E-state index is 12.3. The number of methoxy groups -OCH3 is 1. The number of carbonyl (C=O) groups excluding carboxylic acids is 1. The van der Waals surface area contributed by atoms with E-state index in [9.17, 15) is 4.79 Å². The molecule has 5 nitrogen and oxygen atoms in total. The van der Waals surface area contributed by atoms with Gasteiger partial charge in [-0.05, 0) is 53.9 Å². The standard InChI is InChI=1S/C16H32N2O3/c1-15(2,3)21-14(19)18-10-8-7-9-13(18)11-17-12-16(4,5)20-6/h13,17H,7-12H2,1-6H3. The smallest absolute Gasteiger partial charge is 0.410 e. The lowest BCUT2D eigenvalue weighted by Gasteiger charge is -2.37. The molecule has 0 bridgehead atoms. The number of nitrogens with zero attached hydrogens (tertiary/aromatic N) is 1. The molecule has 0 saturated carbocycles. The molecule has 1 amide bonds. The molecule has 1 unspecified atom stereocenters. The highest BCUT2D eigenvalue weighted by Crippen LogP contribution is 2.20. The van der Waals surface area contributed by atoms with Crippen LogP contribution in [0, 0.1) is 0 Å². The van der Waals surface area contributed by atoms with Gasteiger partial charge in [-0.25, -0.2) is 4.79 Å². The first-order valence-electron chi connectivity index (χ1n) is 7.90. The highest BCUT2D eigenvalue weighted by atomic mass is 16.6. The van der Waals surface area contributed by atoms with Crippen molar-refractivity contribution < 1.29 is 14.3 Å². The minimum absolute atomic E-state index is 0.189. The van der Waals surface area contributed by atoms with Crippen molar-refractivity contribution in [3.63, 3.8) is 0 Å². The summed E-state index contributed by atoms with van der Waals surface area (Å²) in [6, 6.07) is 0.209. The van der Waals surface area contributed by atoms with Crippen molar-refractivity contribution in [2.24, 2.45) is 0 Å². The summed E-state index contributed by atoms with van der Waals surface area (Å²) in [5.74, 6) is 0. The van der Waals surface area contributed by atoms with E-state index in [4.69, 9.17) is 9.47 Å². The van der Waals surface area contributed by atoms with Gasteiger partial charge >= 0.3 is 6.09 Å². The fraction of sp³-hybridized carbons (Fsp3) is 0.938. The summed E-state index contributed by atoms with van der Waals surface area (Å²) in [6.45, 7) is 12.2. The molecule has 1 rings (SSSR count). The van der Waals surface area contributed by atoms with E-state index in [0.29, 0.717) is 0 Å². The van der Waals surface area contributed by atoms with Crippen molar-refractivity contribution in [2.75, 3.05) is 26.7 Å². The van der Waals surface area contributed by atoms with Crippen molar-refractivity contribution in [1.82, 2.24) is 10.2 Å². The van der Waals surface area contributed by atoms with E-state index in [-0.39, 0.29) is 17.7 Å². The predicted molar refractivity (Wildman–Crippen MR) is 84.5 cm³/mol. The van der Waals surface area contributed by atoms with Gasteiger partial charge in [0.05, 0.1) is 5.60 Å². The number of piperidine rings is 1. The summed E-state index contributed by atoms with van der Waals surface area (Å²) in [7, 11) is 1.72. The molecule has 124 valence electrons. The Morgan fingerprint density at radius 3 is 2.48 bits per heavy atom. The molecule has 1 aliphatic heterocycles. The van der Waals surface area contributed by atoms with Crippen LogP contribution in [-0.2, 0) is 9.47 Å². The fourth-order valence-electron chi connectivity index (χ4n) is 2.39. The van der Waals surface area contributed by atoms with Crippen LogP contribution in [0.1, 0.15) is 53.9 Å². The van der Waals surface area contributed by atoms with E-state index in [1.165, 1.54) is 6.42 Å². The number of likely N-dealkylation sites (tertiary alicyclic amines) is 1. The molecule has 1 saturated heterocycles. The van der Waals surface area contributed by atoms with Crippen LogP contribution in [0.2, 0.25) is 0 Å². The molecule has 0 spiro atoms. The highest BCUT2D eigenvalue weighted by Gasteiger charge is 2.30. The summed E-state index contributed by atoms with van der Waals surface area (Å²) < 4.78 is 10.9. The van der Waals surface area contributed by atoms with Crippen LogP contribution < -0.4 is 5.32 Å². The average molecular weight is 300 g/mol. The van der Waals surface area contributed by atoms with E-state index in [2.05, 4.69) is 5.32 Å². The van der Waals surface area contributed by atoms with Gasteiger partial charge in [-0.2, -0.15) is 0 Å². The Bertz CT molecular complexity index is 337. The van der Waals surface area contributed by atoms with Crippen molar-refractivity contribution in [3.05, 3.63) is 0 Å². The third kappa shape index (κ3) is 6.66. The van der Waals surface area contributed by atoms with E-state index < -0.39 is 5.60 Å². The fourth-order valence-corrected chi connectivity index (χ4v) is 2.39. The number of rotatable bonds is 5. The van der Waals surface area contributed by atoms with Gasteiger partial charge in [0.15, 0.2) is 0 Å². The molecule has 0 aromatic rings. The summed E-state index contributed by atoms with van der Waals surface area (Å²) >= 11 is 0. The normalized spacial score (nSPS) is 20.5. The summed E-state index contributed by atoms with van der Waals surface area (Å²) in [5, 5.41) is 3.42. The minimum atomic E-state index is -0.440. The van der Waals surface area contributed by atoms with Crippen molar-refractivity contribution in [3.8, 4) is 0 Å². The maximum atomic E-state index is 12.3. The zero-order chi connectivity index (χ0) is 16.1.